The van der Waals surface area contributed by atoms with Crippen LogP contribution in [-0.4, -0.2) is 155 Å². The van der Waals surface area contributed by atoms with Crippen molar-refractivity contribution >= 4 is 24.0 Å². The Labute approximate surface area is 308 Å². The standard InChI is InChI=1S/C34H66N4O14/c1-32(2,3)34(33(4,5)6,52-31(36)42)27-50-24-23-46-14-10-38-29(40)8-12-44-16-19-48-22-21-47-18-15-43-11-7-28(39)37-9-13-45-17-20-49-25-26-51-30(35)41/h7-27H2,1-6H3,(H2,35,41)(H2,36,42)(H,37,39)(H,38,40). The van der Waals surface area contributed by atoms with Crippen LogP contribution < -0.4 is 22.1 Å². The summed E-state index contributed by atoms with van der Waals surface area (Å²) in [6.07, 6.45) is -1.23. The van der Waals surface area contributed by atoms with Crippen LogP contribution >= 0.6 is 0 Å². The zero-order chi connectivity index (χ0) is 39.1. The van der Waals surface area contributed by atoms with Crippen LogP contribution in [0, 0.1) is 10.8 Å². The molecule has 18 heteroatoms. The van der Waals surface area contributed by atoms with Crippen LogP contribution in [0.1, 0.15) is 54.4 Å². The largest absolute Gasteiger partial charge is 0.447 e. The van der Waals surface area contributed by atoms with Gasteiger partial charge in [0.15, 0.2) is 0 Å². The number of hydrogen-bond acceptors (Lipinski definition) is 14. The first kappa shape index (κ1) is 49.2. The fourth-order valence-corrected chi connectivity index (χ4v) is 4.82. The fourth-order valence-electron chi connectivity index (χ4n) is 4.82. The second-order valence-electron chi connectivity index (χ2n) is 13.5. The van der Waals surface area contributed by atoms with Gasteiger partial charge >= 0.3 is 12.2 Å². The number of amides is 4. The van der Waals surface area contributed by atoms with Crippen molar-refractivity contribution in [1.82, 2.24) is 10.6 Å². The highest BCUT2D eigenvalue weighted by Crippen LogP contribution is 2.47. The summed E-state index contributed by atoms with van der Waals surface area (Å²) in [5.74, 6) is -0.280. The Hall–Kier alpha value is -2.84. The first-order valence-electron chi connectivity index (χ1n) is 17.7. The molecule has 18 nitrogen and oxygen atoms in total. The molecule has 0 spiro atoms. The number of primary amides is 2. The van der Waals surface area contributed by atoms with Crippen molar-refractivity contribution in [3.63, 3.8) is 0 Å². The van der Waals surface area contributed by atoms with Gasteiger partial charge in [0, 0.05) is 36.8 Å². The molecule has 0 fully saturated rings. The van der Waals surface area contributed by atoms with Crippen molar-refractivity contribution in [2.45, 2.75) is 60.0 Å². The highest BCUT2D eigenvalue weighted by molar-refractivity contribution is 5.76. The van der Waals surface area contributed by atoms with Crippen LogP contribution in [0.2, 0.25) is 0 Å². The molecule has 0 atom stereocenters. The van der Waals surface area contributed by atoms with E-state index >= 15 is 0 Å². The molecule has 0 aliphatic rings. The van der Waals surface area contributed by atoms with Gasteiger partial charge in [0.05, 0.1) is 106 Å². The lowest BCUT2D eigenvalue weighted by molar-refractivity contribution is -0.177. The quantitative estimate of drug-likeness (QED) is 0.0689. The van der Waals surface area contributed by atoms with Crippen LogP contribution in [0.5, 0.6) is 0 Å². The number of carbonyl (C=O) groups excluding carboxylic acids is 4. The molecular formula is C34H66N4O14. The highest BCUT2D eigenvalue weighted by Gasteiger charge is 2.54. The third-order valence-electron chi connectivity index (χ3n) is 7.42. The van der Waals surface area contributed by atoms with Crippen molar-refractivity contribution in [3.05, 3.63) is 0 Å². The Kier molecular flexibility index (Phi) is 28.0. The highest BCUT2D eigenvalue weighted by atomic mass is 16.6. The van der Waals surface area contributed by atoms with Crippen molar-refractivity contribution in [1.29, 1.82) is 0 Å². The molecule has 0 bridgehead atoms. The number of rotatable bonds is 33. The summed E-state index contributed by atoms with van der Waals surface area (Å²) in [5.41, 5.74) is 8.43. The minimum atomic E-state index is -0.936. The van der Waals surface area contributed by atoms with E-state index in [1.165, 1.54) is 0 Å². The molecule has 306 valence electrons. The van der Waals surface area contributed by atoms with Gasteiger partial charge in [-0.2, -0.15) is 0 Å². The van der Waals surface area contributed by atoms with E-state index in [1.54, 1.807) is 0 Å². The SMILES string of the molecule is CC(C)(C)C(COCCOCCNC(=O)CCOCCOCCOCCOCCC(=O)NCCOCCOCCOC(N)=O)(OC(N)=O)C(C)(C)C. The molecule has 52 heavy (non-hydrogen) atoms. The minimum Gasteiger partial charge on any atom is -0.447 e. The molecule has 0 radical (unpaired) electrons. The van der Waals surface area contributed by atoms with Gasteiger partial charge < -0.3 is 69.5 Å². The van der Waals surface area contributed by atoms with Gasteiger partial charge in [-0.1, -0.05) is 41.5 Å². The molecule has 0 saturated carbocycles. The third kappa shape index (κ3) is 26.0. The molecule has 0 heterocycles. The summed E-state index contributed by atoms with van der Waals surface area (Å²) in [7, 11) is 0. The lowest BCUT2D eigenvalue weighted by Gasteiger charge is -2.51. The summed E-state index contributed by atoms with van der Waals surface area (Å²) >= 11 is 0. The van der Waals surface area contributed by atoms with Gasteiger partial charge in [-0.25, -0.2) is 9.59 Å². The van der Waals surface area contributed by atoms with Crippen LogP contribution in [0.25, 0.3) is 0 Å². The molecule has 0 aliphatic carbocycles. The lowest BCUT2D eigenvalue weighted by atomic mass is 9.62. The first-order chi connectivity index (χ1) is 24.6. The summed E-state index contributed by atoms with van der Waals surface area (Å²) < 4.78 is 53.7. The molecule has 0 aromatic carbocycles. The van der Waals surface area contributed by atoms with Crippen molar-refractivity contribution in [2.75, 3.05) is 125 Å². The number of nitrogens with one attached hydrogen (secondary N) is 2. The van der Waals surface area contributed by atoms with E-state index in [9.17, 15) is 19.2 Å². The molecule has 0 rings (SSSR count). The number of carbonyl (C=O) groups is 4. The minimum absolute atomic E-state index is 0.0914. The monoisotopic (exact) mass is 754 g/mol. The maximum atomic E-state index is 12.0. The Morgan fingerprint density at radius 2 is 0.769 bits per heavy atom. The number of nitrogens with two attached hydrogens (primary N) is 2. The molecule has 0 unspecified atom stereocenters. The fraction of sp³-hybridized carbons (Fsp3) is 0.882. The van der Waals surface area contributed by atoms with Crippen molar-refractivity contribution < 1.29 is 66.5 Å². The topological polar surface area (TPSA) is 237 Å². The van der Waals surface area contributed by atoms with E-state index in [1.807, 2.05) is 41.5 Å². The predicted octanol–water partition coefficient (Wildman–Crippen LogP) is 1.15. The predicted molar refractivity (Wildman–Crippen MR) is 190 cm³/mol. The van der Waals surface area contributed by atoms with E-state index in [-0.39, 0.29) is 57.7 Å². The van der Waals surface area contributed by atoms with Crippen LogP contribution in [0.3, 0.4) is 0 Å². The van der Waals surface area contributed by atoms with Gasteiger partial charge in [-0.05, 0) is 0 Å². The van der Waals surface area contributed by atoms with Crippen LogP contribution in [0.4, 0.5) is 9.59 Å². The maximum Gasteiger partial charge on any atom is 0.405 e. The summed E-state index contributed by atoms with van der Waals surface area (Å²) in [4.78, 5) is 45.9. The van der Waals surface area contributed by atoms with Gasteiger partial charge in [-0.15, -0.1) is 0 Å². The molecular weight excluding hydrogens is 688 g/mol. The van der Waals surface area contributed by atoms with Gasteiger partial charge in [0.2, 0.25) is 11.8 Å². The zero-order valence-corrected chi connectivity index (χ0v) is 32.2. The molecule has 0 saturated heterocycles. The van der Waals surface area contributed by atoms with E-state index < -0.39 is 28.6 Å². The first-order valence-corrected chi connectivity index (χ1v) is 17.7. The smallest absolute Gasteiger partial charge is 0.405 e. The van der Waals surface area contributed by atoms with Crippen molar-refractivity contribution in [3.8, 4) is 0 Å². The average molecular weight is 755 g/mol. The molecule has 6 N–H and O–H groups in total. The zero-order valence-electron chi connectivity index (χ0n) is 32.2. The summed E-state index contributed by atoms with van der Waals surface area (Å²) in [6.45, 7) is 17.9. The summed E-state index contributed by atoms with van der Waals surface area (Å²) in [5, 5.41) is 5.51. The van der Waals surface area contributed by atoms with Gasteiger partial charge in [-0.3, -0.25) is 9.59 Å². The normalized spacial score (nSPS) is 12.0. The molecule has 0 aromatic heterocycles. The molecule has 4 amide bonds. The van der Waals surface area contributed by atoms with Crippen molar-refractivity contribution in [2.24, 2.45) is 22.3 Å². The third-order valence-corrected chi connectivity index (χ3v) is 7.42. The Balaban J connectivity index is 3.56. The number of ether oxygens (including phenoxy) is 10. The summed E-state index contributed by atoms with van der Waals surface area (Å²) in [6, 6.07) is 0. The van der Waals surface area contributed by atoms with E-state index in [0.29, 0.717) is 92.4 Å². The second kappa shape index (κ2) is 29.6. The second-order valence-corrected chi connectivity index (χ2v) is 13.5. The average Bonchev–Trinajstić information content (AvgIpc) is 3.04. The Morgan fingerprint density at radius 3 is 1.12 bits per heavy atom. The van der Waals surface area contributed by atoms with Gasteiger partial charge in [0.25, 0.3) is 0 Å². The van der Waals surface area contributed by atoms with E-state index in [4.69, 9.17) is 54.1 Å². The number of hydrogen-bond donors (Lipinski definition) is 4. The van der Waals surface area contributed by atoms with E-state index in [2.05, 4.69) is 15.4 Å². The molecule has 0 aromatic rings. The van der Waals surface area contributed by atoms with Crippen LogP contribution in [0.15, 0.2) is 0 Å². The van der Waals surface area contributed by atoms with Gasteiger partial charge in [0.1, 0.15) is 12.2 Å². The van der Waals surface area contributed by atoms with Crippen LogP contribution in [-0.2, 0) is 57.0 Å². The Bertz CT molecular complexity index is 945. The maximum absolute atomic E-state index is 12.0. The lowest BCUT2D eigenvalue weighted by Crippen LogP contribution is -2.60. The van der Waals surface area contributed by atoms with E-state index in [0.717, 1.165) is 0 Å². The Morgan fingerprint density at radius 1 is 0.442 bits per heavy atom. The molecule has 0 aliphatic heterocycles.